The average Bonchev–Trinajstić information content (AvgIpc) is 3.49. The summed E-state index contributed by atoms with van der Waals surface area (Å²) >= 11 is 1.19. The Hall–Kier alpha value is -4.18. The molecule has 0 saturated carbocycles. The minimum Gasteiger partial charge on any atom is -0.450 e. The van der Waals surface area contributed by atoms with E-state index in [1.165, 1.54) is 27.2 Å². The molecule has 0 aliphatic carbocycles. The predicted octanol–water partition coefficient (Wildman–Crippen LogP) is 4.42. The van der Waals surface area contributed by atoms with Gasteiger partial charge in [-0.1, -0.05) is 49.5 Å². The summed E-state index contributed by atoms with van der Waals surface area (Å²) in [5, 5.41) is 9.33. The average molecular weight is 517 g/mol. The number of benzene rings is 2. The second-order valence-electron chi connectivity index (χ2n) is 9.42. The van der Waals surface area contributed by atoms with Crippen molar-refractivity contribution in [2.24, 2.45) is 5.92 Å². The lowest BCUT2D eigenvalue weighted by Crippen LogP contribution is -2.53. The number of carbonyl (C=O) groups excluding carboxylic acids is 2. The minimum absolute atomic E-state index is 0.0509. The monoisotopic (exact) mass is 516 g/mol. The lowest BCUT2D eigenvalue weighted by Gasteiger charge is -2.31. The molecule has 1 spiro atoms. The lowest BCUT2D eigenvalue weighted by molar-refractivity contribution is -0.121. The number of fused-ring (bicyclic) bond motifs is 5. The maximum atomic E-state index is 14.4. The second kappa shape index (κ2) is 8.17. The normalized spacial score (nSPS) is 18.4. The van der Waals surface area contributed by atoms with Crippen molar-refractivity contribution in [1.29, 1.82) is 0 Å². The van der Waals surface area contributed by atoms with Crippen LogP contribution >= 0.6 is 11.3 Å². The van der Waals surface area contributed by atoms with E-state index in [2.05, 4.69) is 16.8 Å². The molecule has 0 N–H and O–H groups in total. The van der Waals surface area contributed by atoms with Gasteiger partial charge in [0.05, 0.1) is 16.6 Å². The van der Waals surface area contributed by atoms with Crippen LogP contribution in [0.2, 0.25) is 0 Å². The van der Waals surface area contributed by atoms with Crippen LogP contribution < -0.4 is 15.2 Å². The Bertz CT molecular complexity index is 1690. The zero-order valence-corrected chi connectivity index (χ0v) is 20.8. The van der Waals surface area contributed by atoms with Crippen molar-refractivity contribution in [3.63, 3.8) is 0 Å². The molecule has 4 aromatic rings. The van der Waals surface area contributed by atoms with Gasteiger partial charge < -0.3 is 9.32 Å². The van der Waals surface area contributed by atoms with Crippen LogP contribution in [0.4, 0.5) is 15.2 Å². The molecule has 0 radical (unpaired) electrons. The molecule has 37 heavy (non-hydrogen) atoms. The van der Waals surface area contributed by atoms with Crippen molar-refractivity contribution >= 4 is 44.9 Å². The zero-order valence-electron chi connectivity index (χ0n) is 20.0. The van der Waals surface area contributed by atoms with Gasteiger partial charge in [-0.2, -0.15) is 0 Å². The summed E-state index contributed by atoms with van der Waals surface area (Å²) in [7, 11) is 0. The van der Waals surface area contributed by atoms with Crippen LogP contribution in [0, 0.1) is 11.7 Å². The minimum atomic E-state index is -1.89. The van der Waals surface area contributed by atoms with Crippen LogP contribution in [-0.2, 0) is 16.8 Å². The Kier molecular flexibility index (Phi) is 5.13. The van der Waals surface area contributed by atoms with E-state index >= 15 is 0 Å². The summed E-state index contributed by atoms with van der Waals surface area (Å²) in [4.78, 5) is 45.1. The zero-order chi connectivity index (χ0) is 26.1. The molecule has 186 valence electrons. The van der Waals surface area contributed by atoms with Gasteiger partial charge in [0.15, 0.2) is 11.0 Å². The second-order valence-corrected chi connectivity index (χ2v) is 10.5. The van der Waals surface area contributed by atoms with E-state index in [-0.39, 0.29) is 34.0 Å². The van der Waals surface area contributed by atoms with Crippen molar-refractivity contribution in [2.45, 2.75) is 25.8 Å². The number of hydrogen-bond acceptors (Lipinski definition) is 7. The standard InChI is InChI=1S/C27H21FN4O4S/c1-4-11-31-18-8-6-5-7-17(18)27(25(31)35)21-22(33)16-13-15(28)9-10-19(16)36-23(21)24(34)32(27)26-30-29-20(37-26)12-14(2)3/h4-10,13-14H,1,11-12H2,2-3H3. The maximum Gasteiger partial charge on any atom is 0.297 e. The molecular formula is C27H21FN4O4S. The topological polar surface area (TPSA) is 96.6 Å². The Labute approximate surface area is 214 Å². The Morgan fingerprint density at radius 3 is 2.70 bits per heavy atom. The number of nitrogens with zero attached hydrogens (tertiary/aromatic N) is 4. The highest BCUT2D eigenvalue weighted by molar-refractivity contribution is 7.15. The van der Waals surface area contributed by atoms with E-state index in [0.29, 0.717) is 28.6 Å². The van der Waals surface area contributed by atoms with Gasteiger partial charge in [-0.15, -0.1) is 16.8 Å². The number of rotatable bonds is 5. The van der Waals surface area contributed by atoms with E-state index in [1.54, 1.807) is 30.3 Å². The Balaban J connectivity index is 1.72. The highest BCUT2D eigenvalue weighted by Gasteiger charge is 2.66. The summed E-state index contributed by atoms with van der Waals surface area (Å²) in [6, 6.07) is 10.5. The van der Waals surface area contributed by atoms with E-state index in [1.807, 2.05) is 13.8 Å². The van der Waals surface area contributed by atoms with E-state index in [4.69, 9.17) is 4.42 Å². The first kappa shape index (κ1) is 23.2. The predicted molar refractivity (Wildman–Crippen MR) is 137 cm³/mol. The molecule has 2 amide bonds. The molecule has 2 aliphatic rings. The molecule has 6 rings (SSSR count). The number of carbonyl (C=O) groups is 2. The Morgan fingerprint density at radius 1 is 1.16 bits per heavy atom. The number of halogens is 1. The molecule has 4 heterocycles. The van der Waals surface area contributed by atoms with Gasteiger partial charge in [0.1, 0.15) is 16.4 Å². The molecule has 2 aromatic heterocycles. The Morgan fingerprint density at radius 2 is 1.95 bits per heavy atom. The van der Waals surface area contributed by atoms with Crippen LogP contribution in [0.25, 0.3) is 11.0 Å². The van der Waals surface area contributed by atoms with Crippen LogP contribution in [0.1, 0.15) is 40.5 Å². The number of anilines is 2. The van der Waals surface area contributed by atoms with Gasteiger partial charge in [-0.3, -0.25) is 19.3 Å². The molecular weight excluding hydrogens is 495 g/mol. The first-order valence-corrected chi connectivity index (χ1v) is 12.6. The maximum absolute atomic E-state index is 14.4. The number of amides is 2. The number of aromatic nitrogens is 2. The van der Waals surface area contributed by atoms with Gasteiger partial charge >= 0.3 is 0 Å². The summed E-state index contributed by atoms with van der Waals surface area (Å²) in [6.45, 7) is 7.99. The fourth-order valence-corrected chi connectivity index (χ4v) is 6.31. The highest BCUT2D eigenvalue weighted by Crippen LogP contribution is 2.54. The van der Waals surface area contributed by atoms with E-state index < -0.39 is 28.6 Å². The van der Waals surface area contributed by atoms with Crippen molar-refractivity contribution in [1.82, 2.24) is 10.2 Å². The molecule has 0 fully saturated rings. The fourth-order valence-electron chi connectivity index (χ4n) is 5.21. The molecule has 1 atom stereocenters. The molecule has 1 unspecified atom stereocenters. The summed E-state index contributed by atoms with van der Waals surface area (Å²) in [5.41, 5.74) is -1.68. The lowest BCUT2D eigenvalue weighted by atomic mass is 9.84. The van der Waals surface area contributed by atoms with Gasteiger partial charge in [0.25, 0.3) is 11.8 Å². The fraction of sp³-hybridized carbons (Fsp3) is 0.222. The molecule has 10 heteroatoms. The SMILES string of the molecule is C=CCN1C(=O)C2(c3ccccc31)c1c(oc3ccc(F)cc3c1=O)C(=O)N2c1nnc(CC(C)C)s1. The van der Waals surface area contributed by atoms with Gasteiger partial charge in [-0.05, 0) is 30.2 Å². The summed E-state index contributed by atoms with van der Waals surface area (Å²) in [6.07, 6.45) is 2.20. The van der Waals surface area contributed by atoms with E-state index in [0.717, 1.165) is 12.1 Å². The molecule has 0 bridgehead atoms. The summed E-state index contributed by atoms with van der Waals surface area (Å²) in [5.74, 6) is -1.82. The third kappa shape index (κ3) is 3.08. The van der Waals surface area contributed by atoms with Gasteiger partial charge in [0, 0.05) is 18.5 Å². The third-order valence-electron chi connectivity index (χ3n) is 6.63. The quantitative estimate of drug-likeness (QED) is 0.365. The molecule has 8 nitrogen and oxygen atoms in total. The first-order valence-electron chi connectivity index (χ1n) is 11.7. The van der Waals surface area contributed by atoms with Crippen molar-refractivity contribution in [3.8, 4) is 0 Å². The van der Waals surface area contributed by atoms with Crippen molar-refractivity contribution in [3.05, 3.63) is 93.1 Å². The van der Waals surface area contributed by atoms with E-state index in [9.17, 15) is 18.8 Å². The van der Waals surface area contributed by atoms with Crippen LogP contribution in [-0.4, -0.2) is 28.6 Å². The molecule has 2 aliphatic heterocycles. The molecule has 0 saturated heterocycles. The highest BCUT2D eigenvalue weighted by atomic mass is 32.1. The van der Waals surface area contributed by atoms with Crippen LogP contribution in [0.3, 0.4) is 0 Å². The van der Waals surface area contributed by atoms with Crippen LogP contribution in [0.5, 0.6) is 0 Å². The van der Waals surface area contributed by atoms with Crippen LogP contribution in [0.15, 0.2) is 64.3 Å². The van der Waals surface area contributed by atoms with Crippen molar-refractivity contribution < 1.29 is 18.4 Å². The smallest absolute Gasteiger partial charge is 0.297 e. The first-order chi connectivity index (χ1) is 17.8. The van der Waals surface area contributed by atoms with Gasteiger partial charge in [-0.25, -0.2) is 4.39 Å². The molecule has 2 aromatic carbocycles. The summed E-state index contributed by atoms with van der Waals surface area (Å²) < 4.78 is 20.1. The van der Waals surface area contributed by atoms with Gasteiger partial charge in [0.2, 0.25) is 10.9 Å². The number of para-hydroxylation sites is 1. The third-order valence-corrected chi connectivity index (χ3v) is 7.56. The number of hydrogen-bond donors (Lipinski definition) is 0. The largest absolute Gasteiger partial charge is 0.450 e. The van der Waals surface area contributed by atoms with Crippen molar-refractivity contribution in [2.75, 3.05) is 16.3 Å².